The van der Waals surface area contributed by atoms with E-state index in [1.54, 1.807) is 0 Å². The van der Waals surface area contributed by atoms with Gasteiger partial charge in [0.05, 0.1) is 24.1 Å². The van der Waals surface area contributed by atoms with Gasteiger partial charge in [-0.2, -0.15) is 18.3 Å². The van der Waals surface area contributed by atoms with Crippen molar-refractivity contribution in [1.82, 2.24) is 25.1 Å². The molecule has 2 aromatic rings. The number of halogens is 4. The molecule has 2 saturated heterocycles. The fourth-order valence-corrected chi connectivity index (χ4v) is 4.56. The van der Waals surface area contributed by atoms with Gasteiger partial charge in [-0.25, -0.2) is 15.1 Å². The molecule has 10 nitrogen and oxygen atoms in total. The number of nitrogens with zero attached hydrogens (tertiary/aromatic N) is 5. The Bertz CT molecular complexity index is 1090. The Hall–Kier alpha value is -2.74. The van der Waals surface area contributed by atoms with Gasteiger partial charge in [0.1, 0.15) is 10.6 Å². The summed E-state index contributed by atoms with van der Waals surface area (Å²) in [6, 6.07) is -0.126. The van der Waals surface area contributed by atoms with Gasteiger partial charge in [0.25, 0.3) is 11.5 Å². The van der Waals surface area contributed by atoms with Gasteiger partial charge < -0.3 is 19.9 Å². The molecule has 2 aromatic heterocycles. The molecule has 2 aliphatic rings. The van der Waals surface area contributed by atoms with Crippen LogP contribution in [0, 0.1) is 0 Å². The van der Waals surface area contributed by atoms with Crippen molar-refractivity contribution < 1.29 is 22.7 Å². The Balaban J connectivity index is 1.24. The summed E-state index contributed by atoms with van der Waals surface area (Å²) >= 11 is 3.21. The van der Waals surface area contributed by atoms with Crippen LogP contribution < -0.4 is 15.8 Å². The summed E-state index contributed by atoms with van der Waals surface area (Å²) in [5, 5.41) is 9.22. The normalized spacial score (nSPS) is 20.4. The van der Waals surface area contributed by atoms with Gasteiger partial charge in [0, 0.05) is 50.5 Å². The molecule has 2 atom stereocenters. The lowest BCUT2D eigenvalue weighted by Gasteiger charge is -2.36. The third kappa shape index (κ3) is 5.92. The lowest BCUT2D eigenvalue weighted by atomic mass is 10.0. The fraction of sp³-hybridized carbons (Fsp3) is 0.571. The predicted molar refractivity (Wildman–Crippen MR) is 124 cm³/mol. The van der Waals surface area contributed by atoms with Crippen molar-refractivity contribution in [2.45, 2.75) is 50.6 Å². The number of carbonyl (C=O) groups excluding carboxylic acids is 1. The summed E-state index contributed by atoms with van der Waals surface area (Å²) < 4.78 is 44.4. The molecule has 4 heterocycles. The van der Waals surface area contributed by atoms with Crippen LogP contribution in [-0.4, -0.2) is 75.4 Å². The molecule has 14 heteroatoms. The quantitative estimate of drug-likeness (QED) is 0.531. The summed E-state index contributed by atoms with van der Waals surface area (Å²) in [6.07, 6.45) is 0.00719. The van der Waals surface area contributed by atoms with Gasteiger partial charge in [-0.3, -0.25) is 9.59 Å². The summed E-state index contributed by atoms with van der Waals surface area (Å²) in [5.74, 6) is 0.203. The Morgan fingerprint density at radius 1 is 1.17 bits per heavy atom. The van der Waals surface area contributed by atoms with E-state index in [4.69, 9.17) is 4.74 Å². The van der Waals surface area contributed by atoms with E-state index in [9.17, 15) is 22.8 Å². The molecular formula is C21H25BrF3N7O3. The lowest BCUT2D eigenvalue weighted by Crippen LogP contribution is -2.47. The Morgan fingerprint density at radius 2 is 1.86 bits per heavy atom. The third-order valence-corrected chi connectivity index (χ3v) is 6.88. The summed E-state index contributed by atoms with van der Waals surface area (Å²) in [5.41, 5.74) is -0.690. The Kier molecular flexibility index (Phi) is 7.59. The predicted octanol–water partition coefficient (Wildman–Crippen LogP) is 2.43. The van der Waals surface area contributed by atoms with Crippen LogP contribution in [0.5, 0.6) is 0 Å². The number of likely N-dealkylation sites (tertiary alicyclic amines) is 1. The number of ether oxygens (including phenoxy) is 1. The number of aromatic amines is 1. The van der Waals surface area contributed by atoms with Crippen LogP contribution in [0.15, 0.2) is 27.9 Å². The van der Waals surface area contributed by atoms with E-state index in [0.29, 0.717) is 49.1 Å². The standard InChI is InChI=1S/C21H25BrF3N7O3/c1-12(29-15-10-28-30-18(33)17(15)22)11-35-16-4-7-32(19(16)34)14-2-5-31(6-3-14)20-26-8-13(9-27-20)21(23,24)25/h8-10,12,14,16H,2-7,11H2,1H3,(H2,29,30,33)/t12?,16-/m1/s1. The van der Waals surface area contributed by atoms with E-state index in [-0.39, 0.29) is 36.1 Å². The van der Waals surface area contributed by atoms with Gasteiger partial charge in [-0.1, -0.05) is 0 Å². The van der Waals surface area contributed by atoms with Crippen LogP contribution in [0.1, 0.15) is 31.7 Å². The number of amides is 1. The molecule has 2 aliphatic heterocycles. The number of carbonyl (C=O) groups is 1. The molecule has 35 heavy (non-hydrogen) atoms. The average molecular weight is 560 g/mol. The molecule has 0 spiro atoms. The zero-order valence-electron chi connectivity index (χ0n) is 18.9. The summed E-state index contributed by atoms with van der Waals surface area (Å²) in [4.78, 5) is 36.0. The molecule has 2 N–H and O–H groups in total. The molecular weight excluding hydrogens is 535 g/mol. The highest BCUT2D eigenvalue weighted by atomic mass is 79.9. The topological polar surface area (TPSA) is 116 Å². The van der Waals surface area contributed by atoms with E-state index in [1.807, 2.05) is 16.7 Å². The highest BCUT2D eigenvalue weighted by Crippen LogP contribution is 2.29. The van der Waals surface area contributed by atoms with Crippen molar-refractivity contribution in [3.8, 4) is 0 Å². The first-order chi connectivity index (χ1) is 16.6. The third-order valence-electron chi connectivity index (χ3n) is 6.09. The fourth-order valence-electron chi connectivity index (χ4n) is 4.25. The number of anilines is 2. The molecule has 0 aromatic carbocycles. The van der Waals surface area contributed by atoms with Crippen LogP contribution in [-0.2, 0) is 15.7 Å². The second-order valence-corrected chi connectivity index (χ2v) is 9.40. The van der Waals surface area contributed by atoms with E-state index in [1.165, 1.54) is 6.20 Å². The smallest absolute Gasteiger partial charge is 0.378 e. The minimum atomic E-state index is -4.47. The van der Waals surface area contributed by atoms with E-state index < -0.39 is 17.8 Å². The molecule has 0 aliphatic carbocycles. The van der Waals surface area contributed by atoms with Crippen molar-refractivity contribution in [3.05, 3.63) is 39.0 Å². The minimum Gasteiger partial charge on any atom is -0.378 e. The molecule has 0 saturated carbocycles. The second-order valence-electron chi connectivity index (χ2n) is 8.60. The van der Waals surface area contributed by atoms with Crippen molar-refractivity contribution in [3.63, 3.8) is 0 Å². The molecule has 2 fully saturated rings. The van der Waals surface area contributed by atoms with Gasteiger partial charge in [-0.15, -0.1) is 0 Å². The van der Waals surface area contributed by atoms with Crippen LogP contribution in [0.4, 0.5) is 24.8 Å². The van der Waals surface area contributed by atoms with Crippen molar-refractivity contribution in [2.75, 3.05) is 36.5 Å². The van der Waals surface area contributed by atoms with Crippen LogP contribution in [0.3, 0.4) is 0 Å². The van der Waals surface area contributed by atoms with Gasteiger partial charge >= 0.3 is 6.18 Å². The van der Waals surface area contributed by atoms with Crippen LogP contribution >= 0.6 is 15.9 Å². The van der Waals surface area contributed by atoms with Crippen molar-refractivity contribution in [1.29, 1.82) is 0 Å². The molecule has 1 amide bonds. The zero-order valence-corrected chi connectivity index (χ0v) is 20.5. The zero-order chi connectivity index (χ0) is 25.2. The number of hydrogen-bond donors (Lipinski definition) is 2. The summed E-state index contributed by atoms with van der Waals surface area (Å²) in [6.45, 7) is 3.84. The van der Waals surface area contributed by atoms with Gasteiger partial charge in [0.2, 0.25) is 5.95 Å². The number of alkyl halides is 3. The maximum absolute atomic E-state index is 12.9. The molecule has 1 unspecified atom stereocenters. The molecule has 4 rings (SSSR count). The monoisotopic (exact) mass is 559 g/mol. The molecule has 190 valence electrons. The van der Waals surface area contributed by atoms with Crippen molar-refractivity contribution in [2.24, 2.45) is 0 Å². The Morgan fingerprint density at radius 3 is 2.51 bits per heavy atom. The van der Waals surface area contributed by atoms with Crippen LogP contribution in [0.25, 0.3) is 0 Å². The number of piperidine rings is 1. The largest absolute Gasteiger partial charge is 0.419 e. The maximum atomic E-state index is 12.9. The highest BCUT2D eigenvalue weighted by molar-refractivity contribution is 9.10. The molecule has 0 bridgehead atoms. The Labute approximate surface area is 207 Å². The lowest BCUT2D eigenvalue weighted by molar-refractivity contribution is -0.139. The SMILES string of the molecule is CC(CO[C@@H]1CCN(C2CCN(c3ncc(C(F)(F)F)cn3)CC2)C1=O)Nc1cn[nH]c(=O)c1Br. The van der Waals surface area contributed by atoms with E-state index in [2.05, 4.69) is 41.4 Å². The number of rotatable bonds is 7. The highest BCUT2D eigenvalue weighted by Gasteiger charge is 2.38. The number of H-pyrrole nitrogens is 1. The number of hydrogen-bond acceptors (Lipinski definition) is 8. The van der Waals surface area contributed by atoms with Crippen molar-refractivity contribution >= 4 is 33.5 Å². The van der Waals surface area contributed by atoms with E-state index >= 15 is 0 Å². The minimum absolute atomic E-state index is 0.0374. The first-order valence-electron chi connectivity index (χ1n) is 11.2. The van der Waals surface area contributed by atoms with Gasteiger partial charge in [0.15, 0.2) is 0 Å². The number of nitrogens with one attached hydrogen (secondary N) is 2. The second kappa shape index (κ2) is 10.5. The molecule has 0 radical (unpaired) electrons. The average Bonchev–Trinajstić information content (AvgIpc) is 3.20. The van der Waals surface area contributed by atoms with E-state index in [0.717, 1.165) is 12.4 Å². The first kappa shape index (κ1) is 25.4. The maximum Gasteiger partial charge on any atom is 0.419 e. The van der Waals surface area contributed by atoms with Crippen LogP contribution in [0.2, 0.25) is 0 Å². The van der Waals surface area contributed by atoms with Gasteiger partial charge in [-0.05, 0) is 35.7 Å². The summed E-state index contributed by atoms with van der Waals surface area (Å²) in [7, 11) is 0. The number of aromatic nitrogens is 4. The first-order valence-corrected chi connectivity index (χ1v) is 12.0.